The van der Waals surface area contributed by atoms with Gasteiger partial charge >= 0.3 is 5.97 Å². The molecule has 508 valence electrons. The van der Waals surface area contributed by atoms with Gasteiger partial charge in [0.1, 0.15) is 6.07 Å². The number of likely N-dealkylation sites (tertiary alicyclic amines) is 3. The molecule has 3 aliphatic carbocycles. The van der Waals surface area contributed by atoms with Gasteiger partial charge in [0.2, 0.25) is 29.4 Å². The fourth-order valence-electron chi connectivity index (χ4n) is 14.7. The van der Waals surface area contributed by atoms with E-state index in [9.17, 15) is 39.9 Å². The monoisotopic (exact) mass is 1350 g/mol. The van der Waals surface area contributed by atoms with E-state index in [-0.39, 0.29) is 69.2 Å². The second-order valence-electron chi connectivity index (χ2n) is 27.5. The molecule has 3 amide bonds. The summed E-state index contributed by atoms with van der Waals surface area (Å²) in [6, 6.07) is 44.5. The zero-order valence-electron chi connectivity index (χ0n) is 56.0. The van der Waals surface area contributed by atoms with Crippen molar-refractivity contribution in [2.75, 3.05) is 59.1 Å². The summed E-state index contributed by atoms with van der Waals surface area (Å²) in [4.78, 5) is 62.7. The Morgan fingerprint density at radius 1 is 0.576 bits per heavy atom. The van der Waals surface area contributed by atoms with Crippen LogP contribution in [0.3, 0.4) is 0 Å². The Morgan fingerprint density at radius 3 is 1.37 bits per heavy atom. The molecule has 0 radical (unpaired) electrons. The third-order valence-electron chi connectivity index (χ3n) is 20.7. The molecule has 6 aromatic carbocycles. The van der Waals surface area contributed by atoms with E-state index < -0.39 is 14.3 Å². The van der Waals surface area contributed by atoms with E-state index in [1.807, 2.05) is 53.4 Å². The number of oxime groups is 1. The molecule has 2 aromatic heterocycles. The molecule has 8 aromatic rings. The molecular formula is C75H78N12O11Si. The number of benzene rings is 6. The van der Waals surface area contributed by atoms with Crippen molar-refractivity contribution in [3.8, 4) is 63.9 Å². The van der Waals surface area contributed by atoms with E-state index >= 15 is 0 Å². The van der Waals surface area contributed by atoms with Crippen LogP contribution in [0.25, 0.3) is 45.7 Å². The zero-order chi connectivity index (χ0) is 70.4. The van der Waals surface area contributed by atoms with E-state index in [4.69, 9.17) is 34.8 Å². The van der Waals surface area contributed by atoms with Crippen molar-refractivity contribution in [3.05, 3.63) is 189 Å². The largest absolute Gasteiger partial charge is 0.478 e. The molecule has 3 atom stereocenters. The molecular weight excluding hydrogens is 1270 g/mol. The molecule has 24 heteroatoms. The highest BCUT2D eigenvalue weighted by molar-refractivity contribution is 6.74. The minimum Gasteiger partial charge on any atom is -0.478 e. The quantitative estimate of drug-likeness (QED) is 0.0222. The van der Waals surface area contributed by atoms with Crippen LogP contribution in [-0.4, -0.2) is 152 Å². The number of hydrogen-bond acceptors (Lipinski definition) is 18. The molecule has 0 saturated carbocycles. The van der Waals surface area contributed by atoms with Gasteiger partial charge in [-0.15, -0.1) is 0 Å². The van der Waals surface area contributed by atoms with E-state index in [1.165, 1.54) is 17.7 Å². The average molecular weight is 1350 g/mol. The lowest BCUT2D eigenvalue weighted by Gasteiger charge is -2.36. The summed E-state index contributed by atoms with van der Waals surface area (Å²) in [6.45, 7) is 15.1. The predicted octanol–water partition coefficient (Wildman–Crippen LogP) is 9.84. The number of fused-ring (bicyclic) bond motifs is 6. The number of carbonyl (C=O) groups is 4. The van der Waals surface area contributed by atoms with Crippen LogP contribution >= 0.6 is 0 Å². The highest BCUT2D eigenvalue weighted by Crippen LogP contribution is 2.51. The maximum Gasteiger partial charge on any atom is 0.337 e. The van der Waals surface area contributed by atoms with Crippen LogP contribution in [0.15, 0.2) is 142 Å². The maximum absolute atomic E-state index is 12.8. The number of rotatable bonds is 14. The summed E-state index contributed by atoms with van der Waals surface area (Å²) in [5.41, 5.74) is 17.2. The van der Waals surface area contributed by atoms with Crippen molar-refractivity contribution in [1.82, 2.24) is 35.0 Å². The molecule has 23 nitrogen and oxygen atoms in total. The van der Waals surface area contributed by atoms with Crippen molar-refractivity contribution in [3.63, 3.8) is 0 Å². The van der Waals surface area contributed by atoms with E-state index in [1.54, 1.807) is 64.4 Å². The fraction of sp³-hybridized carbons (Fsp3) is 0.360. The van der Waals surface area contributed by atoms with Crippen molar-refractivity contribution >= 4 is 37.8 Å². The number of aliphatic hydroxyl groups is 2. The number of aromatic nitrogens is 4. The minimum absolute atomic E-state index is 0.0233. The van der Waals surface area contributed by atoms with Crippen LogP contribution in [0, 0.1) is 34.0 Å². The molecule has 0 bridgehead atoms. The molecule has 6 N–H and O–H groups in total. The number of amides is 3. The first-order valence-corrected chi connectivity index (χ1v) is 35.9. The van der Waals surface area contributed by atoms with Gasteiger partial charge in [-0.05, 0) is 126 Å². The van der Waals surface area contributed by atoms with Crippen molar-refractivity contribution in [1.29, 1.82) is 15.8 Å². The van der Waals surface area contributed by atoms with E-state index in [2.05, 4.69) is 89.6 Å². The fourth-order valence-corrected chi connectivity index (χ4v) is 15.7. The lowest BCUT2D eigenvalue weighted by Crippen LogP contribution is -2.43. The van der Waals surface area contributed by atoms with Gasteiger partial charge in [-0.25, -0.2) is 4.79 Å². The molecule has 3 aliphatic heterocycles. The number of amidine groups is 1. The second kappa shape index (κ2) is 28.8. The molecule has 6 aliphatic rings. The normalized spacial score (nSPS) is 19.6. The van der Waals surface area contributed by atoms with Crippen molar-refractivity contribution in [2.24, 2.45) is 10.9 Å². The topological polar surface area (TPSA) is 356 Å². The van der Waals surface area contributed by atoms with Crippen LogP contribution in [0.5, 0.6) is 0 Å². The van der Waals surface area contributed by atoms with E-state index in [0.717, 1.165) is 89.6 Å². The van der Waals surface area contributed by atoms with Crippen molar-refractivity contribution in [2.45, 2.75) is 113 Å². The Labute approximate surface area is 574 Å². The van der Waals surface area contributed by atoms with Gasteiger partial charge < -0.3 is 54.4 Å². The lowest BCUT2D eigenvalue weighted by molar-refractivity contribution is -0.128. The number of carboxylic acid groups (broad SMARTS) is 1. The third-order valence-corrected chi connectivity index (χ3v) is 25.3. The van der Waals surface area contributed by atoms with Gasteiger partial charge in [-0.2, -0.15) is 25.8 Å². The summed E-state index contributed by atoms with van der Waals surface area (Å²) >= 11 is 0. The summed E-state index contributed by atoms with van der Waals surface area (Å²) in [6.07, 6.45) is 6.68. The number of nitriles is 3. The number of hydrogen-bond donors (Lipinski definition) is 5. The number of β-amino-alcohol motifs (C(OH)–C–C–N with tert-alkyl or cyclic N) is 2. The van der Waals surface area contributed by atoms with Crippen LogP contribution in [0.1, 0.15) is 125 Å². The number of carboxylic acids is 1. The Morgan fingerprint density at radius 2 is 0.960 bits per heavy atom. The smallest absolute Gasteiger partial charge is 0.337 e. The predicted molar refractivity (Wildman–Crippen MR) is 368 cm³/mol. The van der Waals surface area contributed by atoms with Crippen LogP contribution in [0.4, 0.5) is 0 Å². The summed E-state index contributed by atoms with van der Waals surface area (Å²) in [5, 5.41) is 75.0. The molecule has 99 heavy (non-hydrogen) atoms. The Balaban J connectivity index is 0.000000139. The standard InChI is InChI=1S/2C23H20N4O3.C21H33N3O3Si.C8H5NO2/c2*24-13-15-4-1-2-5-16(15)22-25-21(26-30-22)18-6-3-7-19-17(18)8-9-23(19)12-20(29)27(14-23)10-11-28;1-20(2,3)28(4,5)27-12-11-24-14-21(13-18(24)25)10-9-15-16(19(22)23-26)7-6-8-17(15)21;9-5-6-3-1-2-4-7(6)8(10)11/h2*1-7,28H,8-12,14H2;6-8,26H,9-14H2,1-5H3,(H2,22,23);1-4H,(H,10,11). The average Bonchev–Trinajstić information content (AvgIpc) is 1.63. The summed E-state index contributed by atoms with van der Waals surface area (Å²) in [7, 11) is -1.81. The lowest BCUT2D eigenvalue weighted by atomic mass is 9.80. The number of aromatic carboxylic acids is 1. The van der Waals surface area contributed by atoms with Gasteiger partial charge in [0.15, 0.2) is 14.2 Å². The maximum atomic E-state index is 12.8. The van der Waals surface area contributed by atoms with Gasteiger partial charge in [-0.1, -0.05) is 127 Å². The Hall–Kier alpha value is -10.7. The van der Waals surface area contributed by atoms with Crippen LogP contribution < -0.4 is 5.73 Å². The Bertz CT molecular complexity index is 4390. The van der Waals surface area contributed by atoms with E-state index in [0.29, 0.717) is 104 Å². The van der Waals surface area contributed by atoms with Crippen LogP contribution in [0.2, 0.25) is 18.1 Å². The highest BCUT2D eigenvalue weighted by atomic mass is 28.4. The molecule has 5 heterocycles. The summed E-state index contributed by atoms with van der Waals surface area (Å²) < 4.78 is 17.3. The number of nitrogens with two attached hydrogens (primary N) is 1. The second-order valence-corrected chi connectivity index (χ2v) is 32.3. The Kier molecular flexibility index (Phi) is 20.3. The van der Waals surface area contributed by atoms with Gasteiger partial charge in [-0.3, -0.25) is 14.4 Å². The zero-order valence-corrected chi connectivity index (χ0v) is 57.0. The first kappa shape index (κ1) is 69.7. The number of carbonyl (C=O) groups excluding carboxylic acids is 3. The molecule has 3 fully saturated rings. The molecule has 3 spiro atoms. The molecule has 14 rings (SSSR count). The highest BCUT2D eigenvalue weighted by Gasteiger charge is 2.51. The van der Waals surface area contributed by atoms with Crippen LogP contribution in [-0.2, 0) is 54.3 Å². The summed E-state index contributed by atoms with van der Waals surface area (Å²) in [5.74, 6) is 1.07. The third kappa shape index (κ3) is 13.8. The number of nitrogens with zero attached hydrogens (tertiary/aromatic N) is 11. The van der Waals surface area contributed by atoms with Crippen molar-refractivity contribution < 1.29 is 53.2 Å². The SMILES string of the molecule is CC(C)(C)[Si](C)(C)OCCN1CC2(CCc3c(C(N)=NO)cccc32)CC1=O.N#Cc1ccccc1-c1nc(-c2cccc3c2CCC32CC(=O)N(CCO)C2)no1.N#Cc1ccccc1-c1nc(-c2cccc3c2CCC32CC(=O)N(CCO)C2)no1.N#Cc1ccccc1C(=O)O. The van der Waals surface area contributed by atoms with Gasteiger partial charge in [0.25, 0.3) is 11.8 Å². The first-order chi connectivity index (χ1) is 47.6. The van der Waals surface area contributed by atoms with Gasteiger partial charge in [0, 0.05) is 91.5 Å². The number of aliphatic hydroxyl groups excluding tert-OH is 2. The minimum atomic E-state index is -1.81. The molecule has 3 saturated heterocycles. The first-order valence-electron chi connectivity index (χ1n) is 33.0. The molecule has 3 unspecified atom stereocenters. The van der Waals surface area contributed by atoms with Gasteiger partial charge in [0.05, 0.1) is 65.3 Å².